The molecule has 1 aliphatic rings. The van der Waals surface area contributed by atoms with E-state index < -0.39 is 0 Å². The molecule has 0 aliphatic carbocycles. The molecule has 0 bridgehead atoms. The fraction of sp³-hybridized carbons (Fsp3) is 0.250. The lowest BCUT2D eigenvalue weighted by Crippen LogP contribution is -2.48. The molecule has 1 aliphatic heterocycles. The number of para-hydroxylation sites is 2. The summed E-state index contributed by atoms with van der Waals surface area (Å²) in [7, 11) is 0. The number of nitrogens with zero attached hydrogens (tertiary/aromatic N) is 2. The second-order valence-electron chi connectivity index (χ2n) is 8.45. The van der Waals surface area contributed by atoms with Crippen LogP contribution in [0.1, 0.15) is 29.3 Å². The average Bonchev–Trinajstić information content (AvgIpc) is 2.92. The number of benzene rings is 3. The predicted molar refractivity (Wildman–Crippen MR) is 146 cm³/mol. The first-order chi connectivity index (χ1) is 17.5. The van der Waals surface area contributed by atoms with E-state index in [4.69, 9.17) is 17.0 Å². The monoisotopic (exact) mass is 502 g/mol. The summed E-state index contributed by atoms with van der Waals surface area (Å²) < 4.78 is 5.84. The molecule has 0 spiro atoms. The van der Waals surface area contributed by atoms with Crippen LogP contribution in [0.2, 0.25) is 0 Å². The van der Waals surface area contributed by atoms with Crippen molar-refractivity contribution in [2.24, 2.45) is 0 Å². The van der Waals surface area contributed by atoms with Crippen LogP contribution in [-0.2, 0) is 11.4 Å². The fourth-order valence-corrected chi connectivity index (χ4v) is 4.27. The minimum absolute atomic E-state index is 0.180. The summed E-state index contributed by atoms with van der Waals surface area (Å²) in [5.41, 5.74) is 3.29. The standard InChI is InChI=1S/C28H30N4O3S/c1-2-26(33)32-17-15-31(16-18-32)25-14-7-6-13-24(25)29-28(36)30-27(34)22-11-8-12-23(19-22)35-20-21-9-4-3-5-10-21/h3-14,19H,2,15-18,20H2,1H3,(H2,29,30,34,36). The fourth-order valence-electron chi connectivity index (χ4n) is 4.07. The zero-order chi connectivity index (χ0) is 25.3. The highest BCUT2D eigenvalue weighted by molar-refractivity contribution is 7.80. The summed E-state index contributed by atoms with van der Waals surface area (Å²) in [6.07, 6.45) is 0.522. The quantitative estimate of drug-likeness (QED) is 0.465. The largest absolute Gasteiger partial charge is 0.489 e. The minimum Gasteiger partial charge on any atom is -0.489 e. The van der Waals surface area contributed by atoms with Gasteiger partial charge in [0, 0.05) is 38.2 Å². The first-order valence-electron chi connectivity index (χ1n) is 12.0. The van der Waals surface area contributed by atoms with Crippen LogP contribution in [0.5, 0.6) is 5.75 Å². The van der Waals surface area contributed by atoms with Gasteiger partial charge in [-0.05, 0) is 48.1 Å². The lowest BCUT2D eigenvalue weighted by atomic mass is 10.2. The molecule has 36 heavy (non-hydrogen) atoms. The summed E-state index contributed by atoms with van der Waals surface area (Å²) in [6.45, 7) is 5.15. The van der Waals surface area contributed by atoms with Gasteiger partial charge in [0.1, 0.15) is 12.4 Å². The van der Waals surface area contributed by atoms with E-state index in [1.807, 2.05) is 72.5 Å². The zero-order valence-electron chi connectivity index (χ0n) is 20.3. The molecule has 0 unspecified atom stereocenters. The second kappa shape index (κ2) is 12.2. The Morgan fingerprint density at radius 2 is 1.64 bits per heavy atom. The topological polar surface area (TPSA) is 73.9 Å². The van der Waals surface area contributed by atoms with Crippen LogP contribution in [0, 0.1) is 0 Å². The van der Waals surface area contributed by atoms with Gasteiger partial charge in [-0.1, -0.05) is 55.5 Å². The van der Waals surface area contributed by atoms with E-state index in [9.17, 15) is 9.59 Å². The van der Waals surface area contributed by atoms with Crippen molar-refractivity contribution in [1.82, 2.24) is 10.2 Å². The van der Waals surface area contributed by atoms with Crippen molar-refractivity contribution < 1.29 is 14.3 Å². The third-order valence-corrected chi connectivity index (χ3v) is 6.20. The summed E-state index contributed by atoms with van der Waals surface area (Å²) in [5, 5.41) is 6.13. The zero-order valence-corrected chi connectivity index (χ0v) is 21.1. The van der Waals surface area contributed by atoms with Gasteiger partial charge in [0.15, 0.2) is 5.11 Å². The van der Waals surface area contributed by atoms with Gasteiger partial charge in [0.05, 0.1) is 11.4 Å². The van der Waals surface area contributed by atoms with E-state index in [1.54, 1.807) is 18.2 Å². The number of carbonyl (C=O) groups excluding carboxylic acids is 2. The highest BCUT2D eigenvalue weighted by Crippen LogP contribution is 2.27. The van der Waals surface area contributed by atoms with Gasteiger partial charge < -0.3 is 19.9 Å². The maximum Gasteiger partial charge on any atom is 0.257 e. The molecule has 7 nitrogen and oxygen atoms in total. The van der Waals surface area contributed by atoms with Crippen LogP contribution in [-0.4, -0.2) is 48.0 Å². The van der Waals surface area contributed by atoms with E-state index in [2.05, 4.69) is 15.5 Å². The molecule has 1 heterocycles. The molecular formula is C28H30N4O3S. The van der Waals surface area contributed by atoms with Crippen molar-refractivity contribution in [3.8, 4) is 5.75 Å². The second-order valence-corrected chi connectivity index (χ2v) is 8.86. The number of piperazine rings is 1. The van der Waals surface area contributed by atoms with Gasteiger partial charge in [-0.15, -0.1) is 0 Å². The number of amides is 2. The van der Waals surface area contributed by atoms with Crippen LogP contribution in [0.3, 0.4) is 0 Å². The molecule has 0 radical (unpaired) electrons. The smallest absolute Gasteiger partial charge is 0.257 e. The van der Waals surface area contributed by atoms with Crippen LogP contribution in [0.4, 0.5) is 11.4 Å². The van der Waals surface area contributed by atoms with E-state index in [0.29, 0.717) is 37.4 Å². The van der Waals surface area contributed by atoms with E-state index in [-0.39, 0.29) is 16.9 Å². The summed E-state index contributed by atoms with van der Waals surface area (Å²) in [4.78, 5) is 29.0. The van der Waals surface area contributed by atoms with Crippen molar-refractivity contribution in [3.63, 3.8) is 0 Å². The molecule has 2 N–H and O–H groups in total. The maximum atomic E-state index is 12.8. The minimum atomic E-state index is -0.318. The molecule has 0 saturated carbocycles. The Morgan fingerprint density at radius 3 is 2.39 bits per heavy atom. The molecule has 1 saturated heterocycles. The third kappa shape index (κ3) is 6.60. The lowest BCUT2D eigenvalue weighted by Gasteiger charge is -2.37. The Hall–Kier alpha value is -3.91. The van der Waals surface area contributed by atoms with Crippen LogP contribution in [0.15, 0.2) is 78.9 Å². The lowest BCUT2D eigenvalue weighted by molar-refractivity contribution is -0.131. The maximum absolute atomic E-state index is 12.8. The summed E-state index contributed by atoms with van der Waals surface area (Å²) >= 11 is 5.44. The van der Waals surface area contributed by atoms with Crippen molar-refractivity contribution in [2.45, 2.75) is 20.0 Å². The Bertz CT molecular complexity index is 1210. The van der Waals surface area contributed by atoms with Crippen molar-refractivity contribution in [3.05, 3.63) is 90.0 Å². The van der Waals surface area contributed by atoms with Crippen LogP contribution >= 0.6 is 12.2 Å². The Morgan fingerprint density at radius 1 is 0.917 bits per heavy atom. The normalized spacial score (nSPS) is 13.1. The molecule has 1 fully saturated rings. The van der Waals surface area contributed by atoms with Gasteiger partial charge >= 0.3 is 0 Å². The van der Waals surface area contributed by atoms with Gasteiger partial charge in [-0.25, -0.2) is 0 Å². The molecule has 3 aromatic carbocycles. The number of rotatable bonds is 7. The first-order valence-corrected chi connectivity index (χ1v) is 12.4. The van der Waals surface area contributed by atoms with Gasteiger partial charge in [-0.3, -0.25) is 14.9 Å². The number of anilines is 2. The number of ether oxygens (including phenoxy) is 1. The van der Waals surface area contributed by atoms with E-state index in [0.717, 1.165) is 30.0 Å². The Labute approximate surface area is 217 Å². The molecule has 186 valence electrons. The van der Waals surface area contributed by atoms with Crippen LogP contribution < -0.4 is 20.3 Å². The first kappa shape index (κ1) is 25.2. The molecule has 4 rings (SSSR count). The number of carbonyl (C=O) groups is 2. The average molecular weight is 503 g/mol. The Balaban J connectivity index is 1.34. The SMILES string of the molecule is CCC(=O)N1CCN(c2ccccc2NC(=S)NC(=O)c2cccc(OCc3ccccc3)c2)CC1. The highest BCUT2D eigenvalue weighted by Gasteiger charge is 2.22. The number of hydrogen-bond donors (Lipinski definition) is 2. The van der Waals surface area contributed by atoms with Gasteiger partial charge in [0.25, 0.3) is 5.91 Å². The number of thiocarbonyl (C=S) groups is 1. The van der Waals surface area contributed by atoms with E-state index in [1.165, 1.54) is 0 Å². The molecule has 8 heteroatoms. The van der Waals surface area contributed by atoms with Gasteiger partial charge in [0.2, 0.25) is 5.91 Å². The van der Waals surface area contributed by atoms with E-state index >= 15 is 0 Å². The molecule has 3 aromatic rings. The number of hydrogen-bond acceptors (Lipinski definition) is 5. The molecular weight excluding hydrogens is 472 g/mol. The molecule has 0 aromatic heterocycles. The third-order valence-electron chi connectivity index (χ3n) is 6.00. The predicted octanol–water partition coefficient (Wildman–Crippen LogP) is 4.45. The summed E-state index contributed by atoms with van der Waals surface area (Å²) in [6, 6.07) is 24.7. The van der Waals surface area contributed by atoms with Gasteiger partial charge in [-0.2, -0.15) is 0 Å². The highest BCUT2D eigenvalue weighted by atomic mass is 32.1. The van der Waals surface area contributed by atoms with Crippen molar-refractivity contribution >= 4 is 40.5 Å². The Kier molecular flexibility index (Phi) is 8.52. The number of nitrogens with one attached hydrogen (secondary N) is 2. The molecule has 2 amide bonds. The van der Waals surface area contributed by atoms with Crippen molar-refractivity contribution in [1.29, 1.82) is 0 Å². The van der Waals surface area contributed by atoms with Crippen LogP contribution in [0.25, 0.3) is 0 Å². The van der Waals surface area contributed by atoms with Crippen molar-refractivity contribution in [2.75, 3.05) is 36.4 Å². The molecule has 0 atom stereocenters. The summed E-state index contributed by atoms with van der Waals surface area (Å²) in [5.74, 6) is 0.470.